The van der Waals surface area contributed by atoms with E-state index in [0.717, 1.165) is 25.3 Å². The third kappa shape index (κ3) is 4.60. The van der Waals surface area contributed by atoms with Crippen LogP contribution >= 0.6 is 0 Å². The molecule has 1 N–H and O–H groups in total. The fraction of sp³-hybridized carbons (Fsp3) is 0.625. The van der Waals surface area contributed by atoms with Gasteiger partial charge in [-0.15, -0.1) is 0 Å². The van der Waals surface area contributed by atoms with Gasteiger partial charge in [-0.25, -0.2) is 0 Å². The molecule has 4 nitrogen and oxygen atoms in total. The van der Waals surface area contributed by atoms with Gasteiger partial charge in [-0.2, -0.15) is 0 Å². The summed E-state index contributed by atoms with van der Waals surface area (Å²) >= 11 is 0. The van der Waals surface area contributed by atoms with Crippen molar-refractivity contribution in [3.05, 3.63) is 30.1 Å². The largest absolute Gasteiger partial charge is 0.341 e. The highest BCUT2D eigenvalue weighted by atomic mass is 16.2. The highest BCUT2D eigenvalue weighted by Gasteiger charge is 2.22. The maximum absolute atomic E-state index is 12.5. The van der Waals surface area contributed by atoms with Crippen molar-refractivity contribution in [1.29, 1.82) is 0 Å². The zero-order valence-corrected chi connectivity index (χ0v) is 12.5. The van der Waals surface area contributed by atoms with Gasteiger partial charge in [0.25, 0.3) is 0 Å². The molecule has 20 heavy (non-hydrogen) atoms. The Morgan fingerprint density at radius 3 is 2.95 bits per heavy atom. The molecule has 0 aromatic carbocycles. The molecule has 2 rings (SSSR count). The smallest absolute Gasteiger partial charge is 0.228 e. The van der Waals surface area contributed by atoms with Crippen LogP contribution in [-0.2, 0) is 11.2 Å². The number of carbonyl (C=O) groups is 1. The number of hydrogen-bond acceptors (Lipinski definition) is 3. The molecule has 110 valence electrons. The van der Waals surface area contributed by atoms with Gasteiger partial charge in [0.15, 0.2) is 0 Å². The van der Waals surface area contributed by atoms with E-state index >= 15 is 0 Å². The summed E-state index contributed by atoms with van der Waals surface area (Å²) in [6, 6.07) is 6.18. The first-order valence-electron chi connectivity index (χ1n) is 7.56. The van der Waals surface area contributed by atoms with Gasteiger partial charge in [-0.3, -0.25) is 9.78 Å². The first kappa shape index (κ1) is 15.0. The normalized spacial score (nSPS) is 18.4. The minimum atomic E-state index is 0.186. The van der Waals surface area contributed by atoms with E-state index in [1.54, 1.807) is 6.20 Å². The molecule has 1 aromatic heterocycles. The molecular formula is C16H25N3O. The van der Waals surface area contributed by atoms with Gasteiger partial charge >= 0.3 is 0 Å². The number of nitrogens with zero attached hydrogens (tertiary/aromatic N) is 2. The van der Waals surface area contributed by atoms with E-state index in [1.807, 2.05) is 23.1 Å². The lowest BCUT2D eigenvalue weighted by atomic mass is 10.1. The van der Waals surface area contributed by atoms with Crippen LogP contribution in [0.2, 0.25) is 0 Å². The summed E-state index contributed by atoms with van der Waals surface area (Å²) in [5.74, 6) is 0.676. The van der Waals surface area contributed by atoms with Crippen LogP contribution in [0.1, 0.15) is 32.4 Å². The SMILES string of the molecule is CC(C)CN(CC1CCCN1)C(=O)Cc1ccccn1. The molecule has 1 amide bonds. The van der Waals surface area contributed by atoms with Crippen molar-refractivity contribution >= 4 is 5.91 Å². The molecule has 0 bridgehead atoms. The highest BCUT2D eigenvalue weighted by Crippen LogP contribution is 2.10. The number of pyridine rings is 1. The first-order chi connectivity index (χ1) is 9.65. The average molecular weight is 275 g/mol. The van der Waals surface area contributed by atoms with E-state index in [2.05, 4.69) is 24.1 Å². The number of amides is 1. The fourth-order valence-corrected chi connectivity index (χ4v) is 2.67. The van der Waals surface area contributed by atoms with Crippen LogP contribution in [0.15, 0.2) is 24.4 Å². The monoisotopic (exact) mass is 275 g/mol. The van der Waals surface area contributed by atoms with E-state index < -0.39 is 0 Å². The maximum Gasteiger partial charge on any atom is 0.228 e. The number of carbonyl (C=O) groups excluding carboxylic acids is 1. The summed E-state index contributed by atoms with van der Waals surface area (Å²) in [5, 5.41) is 3.47. The Hall–Kier alpha value is -1.42. The first-order valence-corrected chi connectivity index (χ1v) is 7.56. The van der Waals surface area contributed by atoms with Crippen molar-refractivity contribution < 1.29 is 4.79 Å². The molecule has 0 spiro atoms. The standard InChI is InChI=1S/C16H25N3O/c1-13(2)11-19(12-15-7-5-9-18-15)16(20)10-14-6-3-4-8-17-14/h3-4,6,8,13,15,18H,5,7,9-12H2,1-2H3. The summed E-state index contributed by atoms with van der Waals surface area (Å²) in [6.45, 7) is 7.04. The zero-order chi connectivity index (χ0) is 14.4. The van der Waals surface area contributed by atoms with Gasteiger partial charge < -0.3 is 10.2 Å². The van der Waals surface area contributed by atoms with E-state index in [0.29, 0.717) is 18.4 Å². The Balaban J connectivity index is 1.95. The predicted molar refractivity (Wildman–Crippen MR) is 80.4 cm³/mol. The number of aromatic nitrogens is 1. The molecule has 1 aliphatic heterocycles. The van der Waals surface area contributed by atoms with Crippen LogP contribution in [0.25, 0.3) is 0 Å². The van der Waals surface area contributed by atoms with Crippen LogP contribution in [0.3, 0.4) is 0 Å². The summed E-state index contributed by atoms with van der Waals surface area (Å²) in [7, 11) is 0. The molecule has 2 heterocycles. The molecule has 4 heteroatoms. The van der Waals surface area contributed by atoms with Crippen molar-refractivity contribution in [3.8, 4) is 0 Å². The van der Waals surface area contributed by atoms with Crippen molar-refractivity contribution in [3.63, 3.8) is 0 Å². The van der Waals surface area contributed by atoms with Crippen molar-refractivity contribution in [2.24, 2.45) is 5.92 Å². The molecule has 0 aliphatic carbocycles. The van der Waals surface area contributed by atoms with Crippen molar-refractivity contribution in [2.75, 3.05) is 19.6 Å². The van der Waals surface area contributed by atoms with Gasteiger partial charge in [0.05, 0.1) is 6.42 Å². The van der Waals surface area contributed by atoms with Crippen molar-refractivity contribution in [2.45, 2.75) is 39.2 Å². The van der Waals surface area contributed by atoms with E-state index in [1.165, 1.54) is 12.8 Å². The third-order valence-electron chi connectivity index (χ3n) is 3.60. The fourth-order valence-electron chi connectivity index (χ4n) is 2.67. The Morgan fingerprint density at radius 2 is 2.35 bits per heavy atom. The lowest BCUT2D eigenvalue weighted by Gasteiger charge is -2.27. The van der Waals surface area contributed by atoms with E-state index in [9.17, 15) is 4.79 Å². The summed E-state index contributed by atoms with van der Waals surface area (Å²) in [4.78, 5) is 18.7. The second-order valence-electron chi connectivity index (χ2n) is 5.98. The second kappa shape index (κ2) is 7.39. The molecular weight excluding hydrogens is 250 g/mol. The number of rotatable bonds is 6. The molecule has 1 atom stereocenters. The summed E-state index contributed by atoms with van der Waals surface area (Å²) < 4.78 is 0. The molecule has 1 aromatic rings. The average Bonchev–Trinajstić information content (AvgIpc) is 2.91. The number of hydrogen-bond donors (Lipinski definition) is 1. The van der Waals surface area contributed by atoms with Gasteiger partial charge in [0.1, 0.15) is 0 Å². The van der Waals surface area contributed by atoms with E-state index in [-0.39, 0.29) is 5.91 Å². The summed E-state index contributed by atoms with van der Waals surface area (Å²) in [6.07, 6.45) is 4.54. The van der Waals surface area contributed by atoms with Crippen molar-refractivity contribution in [1.82, 2.24) is 15.2 Å². The molecule has 1 fully saturated rings. The number of nitrogens with one attached hydrogen (secondary N) is 1. The Morgan fingerprint density at radius 1 is 1.50 bits per heavy atom. The van der Waals surface area contributed by atoms with Crippen LogP contribution in [0, 0.1) is 5.92 Å². The minimum Gasteiger partial charge on any atom is -0.341 e. The van der Waals surface area contributed by atoms with Gasteiger partial charge in [-0.05, 0) is 37.4 Å². The molecule has 0 radical (unpaired) electrons. The van der Waals surface area contributed by atoms with Crippen LogP contribution in [0.5, 0.6) is 0 Å². The molecule has 1 saturated heterocycles. The minimum absolute atomic E-state index is 0.186. The maximum atomic E-state index is 12.5. The molecule has 1 aliphatic rings. The Labute approximate surface area is 121 Å². The molecule has 1 unspecified atom stereocenters. The predicted octanol–water partition coefficient (Wildman–Crippen LogP) is 1.86. The zero-order valence-electron chi connectivity index (χ0n) is 12.5. The third-order valence-corrected chi connectivity index (χ3v) is 3.60. The van der Waals surface area contributed by atoms with E-state index in [4.69, 9.17) is 0 Å². The lowest BCUT2D eigenvalue weighted by molar-refractivity contribution is -0.131. The Kier molecular flexibility index (Phi) is 5.53. The quantitative estimate of drug-likeness (QED) is 0.862. The Bertz CT molecular complexity index is 413. The lowest BCUT2D eigenvalue weighted by Crippen LogP contribution is -2.43. The van der Waals surface area contributed by atoms with Crippen LogP contribution in [-0.4, -0.2) is 41.5 Å². The highest BCUT2D eigenvalue weighted by molar-refractivity contribution is 5.78. The topological polar surface area (TPSA) is 45.2 Å². The molecule has 0 saturated carbocycles. The van der Waals surface area contributed by atoms with Crippen LogP contribution in [0.4, 0.5) is 0 Å². The summed E-state index contributed by atoms with van der Waals surface area (Å²) in [5.41, 5.74) is 0.852. The van der Waals surface area contributed by atoms with Gasteiger partial charge in [0.2, 0.25) is 5.91 Å². The van der Waals surface area contributed by atoms with Gasteiger partial charge in [-0.1, -0.05) is 19.9 Å². The second-order valence-corrected chi connectivity index (χ2v) is 5.98. The van der Waals surface area contributed by atoms with Gasteiger partial charge in [0, 0.05) is 31.0 Å². The van der Waals surface area contributed by atoms with Crippen LogP contribution < -0.4 is 5.32 Å².